The minimum absolute atomic E-state index is 0.104. The molecular formula is C16H22N2O2. The van der Waals surface area contributed by atoms with Crippen molar-refractivity contribution < 1.29 is 9.53 Å². The van der Waals surface area contributed by atoms with Gasteiger partial charge in [-0.3, -0.25) is 4.79 Å². The molecule has 1 saturated heterocycles. The predicted molar refractivity (Wildman–Crippen MR) is 77.6 cm³/mol. The van der Waals surface area contributed by atoms with E-state index in [0.29, 0.717) is 18.6 Å². The molecule has 0 spiro atoms. The molecule has 0 saturated carbocycles. The first-order chi connectivity index (χ1) is 9.81. The largest absolute Gasteiger partial charge is 0.381 e. The van der Waals surface area contributed by atoms with E-state index in [1.54, 1.807) is 0 Å². The van der Waals surface area contributed by atoms with Crippen LogP contribution in [0, 0.1) is 0 Å². The zero-order valence-corrected chi connectivity index (χ0v) is 11.7. The van der Waals surface area contributed by atoms with Crippen molar-refractivity contribution in [2.75, 3.05) is 19.8 Å². The van der Waals surface area contributed by atoms with Gasteiger partial charge in [0.25, 0.3) is 0 Å². The van der Waals surface area contributed by atoms with Gasteiger partial charge in [0.15, 0.2) is 0 Å². The van der Waals surface area contributed by atoms with Crippen molar-refractivity contribution in [3.63, 3.8) is 0 Å². The van der Waals surface area contributed by atoms with Crippen LogP contribution in [0.1, 0.15) is 24.0 Å². The van der Waals surface area contributed by atoms with Crippen molar-refractivity contribution in [1.82, 2.24) is 10.6 Å². The van der Waals surface area contributed by atoms with Crippen molar-refractivity contribution in [2.24, 2.45) is 0 Å². The average Bonchev–Trinajstić information content (AvgIpc) is 2.89. The Morgan fingerprint density at radius 3 is 2.40 bits per heavy atom. The lowest BCUT2D eigenvalue weighted by atomic mass is 10.1. The SMILES string of the molecule is O=C(CNC1Cc2ccccc2C1)NC1CCOCC1. The fraction of sp³-hybridized carbons (Fsp3) is 0.562. The van der Waals surface area contributed by atoms with Gasteiger partial charge in [-0.05, 0) is 36.8 Å². The number of fused-ring (bicyclic) bond motifs is 1. The molecule has 1 aliphatic carbocycles. The van der Waals surface area contributed by atoms with Crippen LogP contribution in [0.15, 0.2) is 24.3 Å². The van der Waals surface area contributed by atoms with Crippen LogP contribution in [0.25, 0.3) is 0 Å². The molecule has 2 N–H and O–H groups in total. The molecule has 2 aliphatic rings. The van der Waals surface area contributed by atoms with E-state index < -0.39 is 0 Å². The van der Waals surface area contributed by atoms with Gasteiger partial charge in [0.05, 0.1) is 6.54 Å². The lowest BCUT2D eigenvalue weighted by Crippen LogP contribution is -2.45. The smallest absolute Gasteiger partial charge is 0.234 e. The quantitative estimate of drug-likeness (QED) is 0.862. The summed E-state index contributed by atoms with van der Waals surface area (Å²) < 4.78 is 5.29. The van der Waals surface area contributed by atoms with Gasteiger partial charge in [0.1, 0.15) is 0 Å². The molecule has 1 aromatic rings. The molecular weight excluding hydrogens is 252 g/mol. The van der Waals surface area contributed by atoms with Crippen molar-refractivity contribution in [1.29, 1.82) is 0 Å². The minimum Gasteiger partial charge on any atom is -0.381 e. The standard InChI is InChI=1S/C16H22N2O2/c19-16(18-14-5-7-20-8-6-14)11-17-15-9-12-3-1-2-4-13(12)10-15/h1-4,14-15,17H,5-11H2,(H,18,19). The van der Waals surface area contributed by atoms with Gasteiger partial charge < -0.3 is 15.4 Å². The highest BCUT2D eigenvalue weighted by atomic mass is 16.5. The molecule has 4 heteroatoms. The lowest BCUT2D eigenvalue weighted by molar-refractivity contribution is -0.121. The van der Waals surface area contributed by atoms with Gasteiger partial charge in [-0.1, -0.05) is 24.3 Å². The van der Waals surface area contributed by atoms with E-state index in [1.807, 2.05) is 0 Å². The number of hydrogen-bond acceptors (Lipinski definition) is 3. The van der Waals surface area contributed by atoms with Crippen LogP contribution in [0.2, 0.25) is 0 Å². The van der Waals surface area contributed by atoms with E-state index in [1.165, 1.54) is 11.1 Å². The van der Waals surface area contributed by atoms with Crippen molar-refractivity contribution in [3.8, 4) is 0 Å². The monoisotopic (exact) mass is 274 g/mol. The number of rotatable bonds is 4. The molecule has 3 rings (SSSR count). The van der Waals surface area contributed by atoms with Crippen molar-refractivity contribution >= 4 is 5.91 Å². The summed E-state index contributed by atoms with van der Waals surface area (Å²) in [4.78, 5) is 11.9. The predicted octanol–water partition coefficient (Wildman–Crippen LogP) is 1.04. The summed E-state index contributed by atoms with van der Waals surface area (Å²) in [5.74, 6) is 0.104. The third-order valence-electron chi connectivity index (χ3n) is 4.19. The zero-order valence-electron chi connectivity index (χ0n) is 11.7. The Bertz CT molecular complexity index is 444. The van der Waals surface area contributed by atoms with Crippen LogP contribution in [-0.4, -0.2) is 37.7 Å². The number of amides is 1. The van der Waals surface area contributed by atoms with Gasteiger partial charge in [-0.15, -0.1) is 0 Å². The molecule has 20 heavy (non-hydrogen) atoms. The second kappa shape index (κ2) is 6.37. The van der Waals surface area contributed by atoms with E-state index in [0.717, 1.165) is 38.9 Å². The molecule has 1 heterocycles. The molecule has 0 unspecified atom stereocenters. The van der Waals surface area contributed by atoms with Crippen LogP contribution in [0.3, 0.4) is 0 Å². The molecule has 1 fully saturated rings. The summed E-state index contributed by atoms with van der Waals surface area (Å²) in [7, 11) is 0. The van der Waals surface area contributed by atoms with Crippen LogP contribution < -0.4 is 10.6 Å². The summed E-state index contributed by atoms with van der Waals surface area (Å²) in [6.45, 7) is 1.93. The Morgan fingerprint density at radius 1 is 1.10 bits per heavy atom. The second-order valence-corrected chi connectivity index (χ2v) is 5.71. The van der Waals surface area contributed by atoms with E-state index in [4.69, 9.17) is 4.74 Å². The third-order valence-corrected chi connectivity index (χ3v) is 4.19. The van der Waals surface area contributed by atoms with Crippen molar-refractivity contribution in [2.45, 2.75) is 37.8 Å². The summed E-state index contributed by atoms with van der Waals surface area (Å²) in [5, 5.41) is 6.46. The summed E-state index contributed by atoms with van der Waals surface area (Å²) in [5.41, 5.74) is 2.82. The molecule has 0 bridgehead atoms. The maximum atomic E-state index is 11.9. The van der Waals surface area contributed by atoms with Gasteiger partial charge >= 0.3 is 0 Å². The fourth-order valence-electron chi connectivity index (χ4n) is 3.06. The number of hydrogen-bond donors (Lipinski definition) is 2. The maximum Gasteiger partial charge on any atom is 0.234 e. The Labute approximate surface area is 119 Å². The highest BCUT2D eigenvalue weighted by Crippen LogP contribution is 2.21. The number of carbonyl (C=O) groups excluding carboxylic acids is 1. The second-order valence-electron chi connectivity index (χ2n) is 5.71. The van der Waals surface area contributed by atoms with Crippen LogP contribution in [0.4, 0.5) is 0 Å². The molecule has 0 radical (unpaired) electrons. The molecule has 4 nitrogen and oxygen atoms in total. The minimum atomic E-state index is 0.104. The molecule has 0 aromatic heterocycles. The van der Waals surface area contributed by atoms with Crippen LogP contribution in [0.5, 0.6) is 0 Å². The Balaban J connectivity index is 1.41. The normalized spacial score (nSPS) is 19.8. The summed E-state index contributed by atoms with van der Waals surface area (Å²) >= 11 is 0. The number of benzene rings is 1. The lowest BCUT2D eigenvalue weighted by Gasteiger charge is -2.23. The number of ether oxygens (including phenoxy) is 1. The Morgan fingerprint density at radius 2 is 1.75 bits per heavy atom. The topological polar surface area (TPSA) is 50.4 Å². The maximum absolute atomic E-state index is 11.9. The summed E-state index contributed by atoms with van der Waals surface area (Å²) in [6, 6.07) is 9.21. The first-order valence-electron chi connectivity index (χ1n) is 7.48. The van der Waals surface area contributed by atoms with Crippen molar-refractivity contribution in [3.05, 3.63) is 35.4 Å². The van der Waals surface area contributed by atoms with Gasteiger partial charge in [0, 0.05) is 25.3 Å². The highest BCUT2D eigenvalue weighted by molar-refractivity contribution is 5.78. The molecule has 1 aliphatic heterocycles. The molecule has 108 valence electrons. The van der Waals surface area contributed by atoms with Crippen LogP contribution in [-0.2, 0) is 22.4 Å². The average molecular weight is 274 g/mol. The number of carbonyl (C=O) groups is 1. The van der Waals surface area contributed by atoms with E-state index in [-0.39, 0.29) is 5.91 Å². The first-order valence-corrected chi connectivity index (χ1v) is 7.48. The summed E-state index contributed by atoms with van der Waals surface area (Å²) in [6.07, 6.45) is 3.92. The van der Waals surface area contributed by atoms with E-state index in [2.05, 4.69) is 34.9 Å². The molecule has 1 aromatic carbocycles. The zero-order chi connectivity index (χ0) is 13.8. The fourth-order valence-corrected chi connectivity index (χ4v) is 3.06. The first kappa shape index (κ1) is 13.6. The Hall–Kier alpha value is -1.39. The molecule has 0 atom stereocenters. The Kier molecular flexibility index (Phi) is 4.33. The number of nitrogens with one attached hydrogen (secondary N) is 2. The molecule has 1 amide bonds. The highest BCUT2D eigenvalue weighted by Gasteiger charge is 2.21. The van der Waals surface area contributed by atoms with Gasteiger partial charge in [0.2, 0.25) is 5.91 Å². The van der Waals surface area contributed by atoms with E-state index >= 15 is 0 Å². The van der Waals surface area contributed by atoms with Gasteiger partial charge in [-0.25, -0.2) is 0 Å². The van der Waals surface area contributed by atoms with E-state index in [9.17, 15) is 4.79 Å². The van der Waals surface area contributed by atoms with Gasteiger partial charge in [-0.2, -0.15) is 0 Å². The third kappa shape index (κ3) is 3.38. The van der Waals surface area contributed by atoms with Crippen LogP contribution >= 0.6 is 0 Å².